The molecule has 2 heteroatoms. The van der Waals surface area contributed by atoms with Gasteiger partial charge < -0.3 is 5.32 Å². The first-order chi connectivity index (χ1) is 14.6. The molecule has 2 aliphatic rings. The first kappa shape index (κ1) is 20.1. The van der Waals surface area contributed by atoms with Crippen molar-refractivity contribution in [2.75, 3.05) is 5.32 Å². The molecule has 3 aromatic carbocycles. The SMILES string of the molecule is CC1(C)CC(=O)C2=C(C1)c1c(ccc3ccccc13)N[C@@H]2c1ccc(C(C)(C)C)cc1. The molecule has 0 aromatic heterocycles. The summed E-state index contributed by atoms with van der Waals surface area (Å²) in [6.45, 7) is 11.1. The molecule has 1 aliphatic heterocycles. The van der Waals surface area contributed by atoms with Gasteiger partial charge in [0.2, 0.25) is 0 Å². The number of allylic oxidation sites excluding steroid dienone is 1. The normalized spacial score (nSPS) is 20.3. The molecular weight excluding hydrogens is 378 g/mol. The van der Waals surface area contributed by atoms with Crippen LogP contribution in [0.3, 0.4) is 0 Å². The van der Waals surface area contributed by atoms with Gasteiger partial charge in [-0.3, -0.25) is 4.79 Å². The standard InChI is InChI=1S/C29H31NO/c1-28(2,3)20-13-10-19(11-14-20)27-26-22(16-29(4,5)17-24(26)31)25-21-9-7-6-8-18(21)12-15-23(25)30-27/h6-15,27,30H,16-17H2,1-5H3/t27-/m1/s1. The Kier molecular flexibility index (Phi) is 4.41. The third kappa shape index (κ3) is 3.39. The van der Waals surface area contributed by atoms with Crippen molar-refractivity contribution in [2.45, 2.75) is 58.9 Å². The molecule has 2 nitrogen and oxygen atoms in total. The Hall–Kier alpha value is -2.87. The summed E-state index contributed by atoms with van der Waals surface area (Å²) in [5.74, 6) is 0.280. The van der Waals surface area contributed by atoms with E-state index in [1.54, 1.807) is 0 Å². The summed E-state index contributed by atoms with van der Waals surface area (Å²) in [7, 11) is 0. The fourth-order valence-electron chi connectivity index (χ4n) is 5.26. The third-order valence-electron chi connectivity index (χ3n) is 6.85. The highest BCUT2D eigenvalue weighted by Crippen LogP contribution is 2.52. The van der Waals surface area contributed by atoms with Crippen molar-refractivity contribution in [1.82, 2.24) is 0 Å². The highest BCUT2D eigenvalue weighted by Gasteiger charge is 2.40. The van der Waals surface area contributed by atoms with E-state index < -0.39 is 0 Å². The molecule has 0 radical (unpaired) electrons. The smallest absolute Gasteiger partial charge is 0.162 e. The number of ketones is 1. The average molecular weight is 410 g/mol. The van der Waals surface area contributed by atoms with Gasteiger partial charge in [0.15, 0.2) is 5.78 Å². The van der Waals surface area contributed by atoms with Crippen molar-refractivity contribution in [3.8, 4) is 0 Å². The van der Waals surface area contributed by atoms with E-state index in [2.05, 4.69) is 101 Å². The number of benzene rings is 3. The molecule has 0 saturated carbocycles. The lowest BCUT2D eigenvalue weighted by molar-refractivity contribution is -0.118. The molecule has 0 unspecified atom stereocenters. The number of rotatable bonds is 1. The van der Waals surface area contributed by atoms with E-state index in [-0.39, 0.29) is 22.7 Å². The summed E-state index contributed by atoms with van der Waals surface area (Å²) in [6, 6.07) is 21.6. The highest BCUT2D eigenvalue weighted by molar-refractivity contribution is 6.12. The zero-order valence-electron chi connectivity index (χ0n) is 19.2. The second-order valence-electron chi connectivity index (χ2n) is 11.0. The second kappa shape index (κ2) is 6.82. The minimum atomic E-state index is -0.0960. The average Bonchev–Trinajstić information content (AvgIpc) is 2.71. The maximum atomic E-state index is 13.5. The van der Waals surface area contributed by atoms with E-state index in [1.807, 2.05) is 0 Å². The maximum absolute atomic E-state index is 13.5. The Morgan fingerprint density at radius 1 is 0.903 bits per heavy atom. The molecule has 0 spiro atoms. The topological polar surface area (TPSA) is 29.1 Å². The summed E-state index contributed by atoms with van der Waals surface area (Å²) in [4.78, 5) is 13.5. The third-order valence-corrected chi connectivity index (χ3v) is 6.85. The lowest BCUT2D eigenvalue weighted by Gasteiger charge is -2.40. The van der Waals surface area contributed by atoms with Crippen LogP contribution < -0.4 is 5.32 Å². The molecule has 31 heavy (non-hydrogen) atoms. The number of hydrogen-bond acceptors (Lipinski definition) is 2. The fraction of sp³-hybridized carbons (Fsp3) is 0.345. The Balaban J connectivity index is 1.72. The van der Waals surface area contributed by atoms with Gasteiger partial charge >= 0.3 is 0 Å². The minimum absolute atomic E-state index is 0.0257. The maximum Gasteiger partial charge on any atom is 0.162 e. The molecule has 3 aromatic rings. The van der Waals surface area contributed by atoms with Crippen molar-refractivity contribution in [1.29, 1.82) is 0 Å². The number of hydrogen-bond donors (Lipinski definition) is 1. The highest BCUT2D eigenvalue weighted by atomic mass is 16.1. The van der Waals surface area contributed by atoms with Crippen molar-refractivity contribution in [2.24, 2.45) is 5.41 Å². The molecule has 0 saturated heterocycles. The van der Waals surface area contributed by atoms with Crippen LogP contribution in [0.5, 0.6) is 0 Å². The van der Waals surface area contributed by atoms with Crippen LogP contribution in [-0.2, 0) is 10.2 Å². The van der Waals surface area contributed by atoms with Crippen LogP contribution in [0.15, 0.2) is 66.2 Å². The van der Waals surface area contributed by atoms with E-state index >= 15 is 0 Å². The predicted octanol–water partition coefficient (Wildman–Crippen LogP) is 7.45. The van der Waals surface area contributed by atoms with Gasteiger partial charge in [0.1, 0.15) is 0 Å². The van der Waals surface area contributed by atoms with E-state index in [4.69, 9.17) is 0 Å². The van der Waals surface area contributed by atoms with Crippen LogP contribution in [0.25, 0.3) is 16.3 Å². The molecule has 0 bridgehead atoms. The van der Waals surface area contributed by atoms with E-state index in [9.17, 15) is 4.79 Å². The second-order valence-corrected chi connectivity index (χ2v) is 11.0. The van der Waals surface area contributed by atoms with Crippen LogP contribution in [0, 0.1) is 5.41 Å². The molecular formula is C29H31NO. The first-order valence-corrected chi connectivity index (χ1v) is 11.3. The molecule has 0 amide bonds. The van der Waals surface area contributed by atoms with Gasteiger partial charge in [-0.1, -0.05) is 89.2 Å². The monoisotopic (exact) mass is 409 g/mol. The van der Waals surface area contributed by atoms with E-state index in [0.717, 1.165) is 23.2 Å². The van der Waals surface area contributed by atoms with Crippen LogP contribution >= 0.6 is 0 Å². The van der Waals surface area contributed by atoms with Gasteiger partial charge in [0.05, 0.1) is 6.04 Å². The molecule has 1 atom stereocenters. The number of carbonyl (C=O) groups is 1. The summed E-state index contributed by atoms with van der Waals surface area (Å²) in [5.41, 5.74) is 7.10. The Morgan fingerprint density at radius 3 is 2.32 bits per heavy atom. The van der Waals surface area contributed by atoms with Crippen molar-refractivity contribution < 1.29 is 4.79 Å². The lowest BCUT2D eigenvalue weighted by atomic mass is 9.67. The van der Waals surface area contributed by atoms with Crippen molar-refractivity contribution in [3.63, 3.8) is 0 Å². The van der Waals surface area contributed by atoms with Crippen molar-refractivity contribution >= 4 is 27.8 Å². The summed E-state index contributed by atoms with van der Waals surface area (Å²) in [5, 5.41) is 6.19. The van der Waals surface area contributed by atoms with Crippen LogP contribution in [0.1, 0.15) is 70.2 Å². The summed E-state index contributed by atoms with van der Waals surface area (Å²) < 4.78 is 0. The fourth-order valence-corrected chi connectivity index (χ4v) is 5.26. The van der Waals surface area contributed by atoms with Gasteiger partial charge in [-0.2, -0.15) is 0 Å². The summed E-state index contributed by atoms with van der Waals surface area (Å²) >= 11 is 0. The Bertz CT molecular complexity index is 1220. The number of Topliss-reactive ketones (excluding diaryl/α,β-unsaturated/α-hetero) is 1. The molecule has 158 valence electrons. The van der Waals surface area contributed by atoms with Crippen LogP contribution in [-0.4, -0.2) is 5.78 Å². The van der Waals surface area contributed by atoms with E-state index in [0.29, 0.717) is 6.42 Å². The Morgan fingerprint density at radius 2 is 1.61 bits per heavy atom. The van der Waals surface area contributed by atoms with Gasteiger partial charge in [0, 0.05) is 23.2 Å². The minimum Gasteiger partial charge on any atom is -0.373 e. The number of fused-ring (bicyclic) bond motifs is 4. The molecule has 1 N–H and O–H groups in total. The quantitative estimate of drug-likeness (QED) is 0.452. The molecule has 1 aliphatic carbocycles. The zero-order valence-corrected chi connectivity index (χ0v) is 19.2. The summed E-state index contributed by atoms with van der Waals surface area (Å²) in [6.07, 6.45) is 1.53. The molecule has 5 rings (SSSR count). The largest absolute Gasteiger partial charge is 0.373 e. The molecule has 1 heterocycles. The van der Waals surface area contributed by atoms with Crippen LogP contribution in [0.4, 0.5) is 5.69 Å². The first-order valence-electron chi connectivity index (χ1n) is 11.3. The number of carbonyl (C=O) groups excluding carboxylic acids is 1. The van der Waals surface area contributed by atoms with Gasteiger partial charge in [-0.25, -0.2) is 0 Å². The van der Waals surface area contributed by atoms with Crippen LogP contribution in [0.2, 0.25) is 0 Å². The Labute approximate surface area is 185 Å². The number of nitrogens with one attached hydrogen (secondary N) is 1. The van der Waals surface area contributed by atoms with Gasteiger partial charge in [-0.05, 0) is 50.8 Å². The lowest BCUT2D eigenvalue weighted by Crippen LogP contribution is -2.33. The number of anilines is 1. The molecule has 0 fully saturated rings. The van der Waals surface area contributed by atoms with E-state index in [1.165, 1.54) is 27.5 Å². The zero-order chi connectivity index (χ0) is 22.0. The van der Waals surface area contributed by atoms with Gasteiger partial charge in [0.25, 0.3) is 0 Å². The van der Waals surface area contributed by atoms with Gasteiger partial charge in [-0.15, -0.1) is 0 Å². The predicted molar refractivity (Wildman–Crippen MR) is 130 cm³/mol. The van der Waals surface area contributed by atoms with Crippen molar-refractivity contribution in [3.05, 3.63) is 82.9 Å².